The van der Waals surface area contributed by atoms with Crippen molar-refractivity contribution in [2.45, 2.75) is 25.9 Å². The van der Waals surface area contributed by atoms with Crippen molar-refractivity contribution in [1.29, 1.82) is 0 Å². The molecule has 178 valence electrons. The first-order chi connectivity index (χ1) is 17.0. The van der Waals surface area contributed by atoms with Crippen molar-refractivity contribution in [2.24, 2.45) is 9.98 Å². The molecule has 3 N–H and O–H groups in total. The minimum atomic E-state index is -0.889. The number of H-pyrrole nitrogens is 1. The summed E-state index contributed by atoms with van der Waals surface area (Å²) in [4.78, 5) is 48.7. The molecule has 4 heterocycles. The lowest BCUT2D eigenvalue weighted by molar-refractivity contribution is -0.128. The first-order valence-electron chi connectivity index (χ1n) is 10.8. The summed E-state index contributed by atoms with van der Waals surface area (Å²) in [6.07, 6.45) is 1.41. The number of amidine groups is 2. The van der Waals surface area contributed by atoms with Crippen LogP contribution >= 0.6 is 11.8 Å². The second kappa shape index (κ2) is 9.58. The highest BCUT2D eigenvalue weighted by atomic mass is 32.2. The van der Waals surface area contributed by atoms with Crippen LogP contribution in [0.15, 0.2) is 63.1 Å². The van der Waals surface area contributed by atoms with Gasteiger partial charge in [-0.1, -0.05) is 23.9 Å². The summed E-state index contributed by atoms with van der Waals surface area (Å²) in [6, 6.07) is 11.6. The monoisotopic (exact) mass is 491 g/mol. The standard InChI is InChI=1S/C23H21N7O4S/c1-13-9-18(29-28-13)27-20(32)12-35-23-26-16-7-3-2-6-15(16)21-25-17(22(33)30(21)23)10-19(31)24-11-14-5-4-8-34-14/h2-9,17H,10-12H2,1H3,(H,24,31)(H2,27,28,29,32)/t17-/m1/s1. The van der Waals surface area contributed by atoms with E-state index in [9.17, 15) is 14.4 Å². The van der Waals surface area contributed by atoms with Gasteiger partial charge in [0.15, 0.2) is 11.0 Å². The van der Waals surface area contributed by atoms with Crippen molar-refractivity contribution in [3.63, 3.8) is 0 Å². The van der Waals surface area contributed by atoms with Gasteiger partial charge in [0, 0.05) is 17.3 Å². The number of aryl methyl sites for hydroxylation is 1. The Morgan fingerprint density at radius 2 is 2.06 bits per heavy atom. The third kappa shape index (κ3) is 4.87. The maximum atomic E-state index is 13.3. The molecule has 5 rings (SSSR count). The number of anilines is 1. The number of aromatic amines is 1. The molecule has 11 nitrogen and oxygen atoms in total. The number of benzene rings is 1. The van der Waals surface area contributed by atoms with Gasteiger partial charge in [0.1, 0.15) is 17.6 Å². The zero-order valence-corrected chi connectivity index (χ0v) is 19.5. The number of aromatic nitrogens is 2. The number of aliphatic imine (C=N–C) groups is 2. The first-order valence-corrected chi connectivity index (χ1v) is 11.8. The summed E-state index contributed by atoms with van der Waals surface area (Å²) in [7, 11) is 0. The zero-order valence-electron chi connectivity index (χ0n) is 18.6. The van der Waals surface area contributed by atoms with Crippen molar-refractivity contribution in [2.75, 3.05) is 11.1 Å². The van der Waals surface area contributed by atoms with E-state index in [-0.39, 0.29) is 36.4 Å². The van der Waals surface area contributed by atoms with E-state index in [0.29, 0.717) is 33.8 Å². The number of rotatable bonds is 7. The van der Waals surface area contributed by atoms with Crippen molar-refractivity contribution < 1.29 is 18.8 Å². The third-order valence-electron chi connectivity index (χ3n) is 5.27. The average Bonchev–Trinajstić information content (AvgIpc) is 3.58. The van der Waals surface area contributed by atoms with E-state index in [4.69, 9.17) is 4.42 Å². The molecule has 0 unspecified atom stereocenters. The second-order valence-corrected chi connectivity index (χ2v) is 8.83. The van der Waals surface area contributed by atoms with Crippen LogP contribution < -0.4 is 10.6 Å². The molecule has 2 aliphatic rings. The SMILES string of the molecule is Cc1cc(NC(=O)CSC2=Nc3ccccc3C3=N[C@H](CC(=O)NCc4ccco4)C(=O)N23)n[nH]1. The number of nitrogens with zero attached hydrogens (tertiary/aromatic N) is 4. The maximum absolute atomic E-state index is 13.3. The van der Waals surface area contributed by atoms with E-state index in [2.05, 4.69) is 30.8 Å². The number of hydrogen-bond donors (Lipinski definition) is 3. The summed E-state index contributed by atoms with van der Waals surface area (Å²) < 4.78 is 5.22. The zero-order chi connectivity index (χ0) is 24.4. The van der Waals surface area contributed by atoms with Crippen molar-refractivity contribution in [1.82, 2.24) is 20.4 Å². The van der Waals surface area contributed by atoms with Crippen LogP contribution in [0.25, 0.3) is 0 Å². The molecule has 1 atom stereocenters. The molecule has 0 spiro atoms. The van der Waals surface area contributed by atoms with E-state index < -0.39 is 6.04 Å². The lowest BCUT2D eigenvalue weighted by Crippen LogP contribution is -2.42. The second-order valence-electron chi connectivity index (χ2n) is 7.89. The van der Waals surface area contributed by atoms with Gasteiger partial charge >= 0.3 is 0 Å². The van der Waals surface area contributed by atoms with Crippen molar-refractivity contribution in [3.8, 4) is 0 Å². The third-order valence-corrected chi connectivity index (χ3v) is 6.21. The fourth-order valence-corrected chi connectivity index (χ4v) is 4.47. The molecule has 0 saturated carbocycles. The Labute approximate surface area is 204 Å². The highest BCUT2D eigenvalue weighted by Gasteiger charge is 2.42. The molecule has 35 heavy (non-hydrogen) atoms. The van der Waals surface area contributed by atoms with Gasteiger partial charge in [-0.3, -0.25) is 24.5 Å². The van der Waals surface area contributed by atoms with Crippen LogP contribution in [-0.4, -0.2) is 55.6 Å². The molecule has 3 amide bonds. The van der Waals surface area contributed by atoms with E-state index in [1.165, 1.54) is 11.2 Å². The van der Waals surface area contributed by atoms with Gasteiger partial charge in [0.2, 0.25) is 11.8 Å². The number of hydrogen-bond acceptors (Lipinski definition) is 8. The Kier molecular flexibility index (Phi) is 6.19. The molecule has 0 saturated heterocycles. The lowest BCUT2D eigenvalue weighted by Gasteiger charge is -2.25. The molecular weight excluding hydrogens is 470 g/mol. The number of nitrogens with one attached hydrogen (secondary N) is 3. The van der Waals surface area contributed by atoms with E-state index in [1.54, 1.807) is 18.2 Å². The normalized spacial score (nSPS) is 16.3. The van der Waals surface area contributed by atoms with Gasteiger partial charge in [-0.05, 0) is 31.2 Å². The van der Waals surface area contributed by atoms with Crippen LogP contribution in [0.4, 0.5) is 11.5 Å². The van der Waals surface area contributed by atoms with Gasteiger partial charge in [-0.25, -0.2) is 9.89 Å². The largest absolute Gasteiger partial charge is 0.467 e. The molecule has 2 aliphatic heterocycles. The van der Waals surface area contributed by atoms with Crippen LogP contribution in [0.3, 0.4) is 0 Å². The molecule has 0 fully saturated rings. The minimum absolute atomic E-state index is 0.0122. The van der Waals surface area contributed by atoms with Gasteiger partial charge in [0.05, 0.1) is 30.7 Å². The highest BCUT2D eigenvalue weighted by Crippen LogP contribution is 2.34. The smallest absolute Gasteiger partial charge is 0.259 e. The van der Waals surface area contributed by atoms with Crippen LogP contribution in [0.2, 0.25) is 0 Å². The van der Waals surface area contributed by atoms with Crippen LogP contribution in [0.5, 0.6) is 0 Å². The Hall–Kier alpha value is -4.19. The molecule has 0 radical (unpaired) electrons. The molecule has 2 aromatic heterocycles. The van der Waals surface area contributed by atoms with Crippen molar-refractivity contribution in [3.05, 3.63) is 65.7 Å². The molecule has 0 aliphatic carbocycles. The van der Waals surface area contributed by atoms with Gasteiger partial charge in [-0.2, -0.15) is 5.10 Å². The summed E-state index contributed by atoms with van der Waals surface area (Å²) in [5.41, 5.74) is 2.16. The van der Waals surface area contributed by atoms with Crippen LogP contribution in [-0.2, 0) is 20.9 Å². The van der Waals surface area contributed by atoms with E-state index in [0.717, 1.165) is 17.5 Å². The maximum Gasteiger partial charge on any atom is 0.259 e. The number of furan rings is 1. The minimum Gasteiger partial charge on any atom is -0.467 e. The number of thioether (sulfide) groups is 1. The molecule has 3 aromatic rings. The topological polar surface area (TPSA) is 145 Å². The number of para-hydroxylation sites is 1. The summed E-state index contributed by atoms with van der Waals surface area (Å²) >= 11 is 1.12. The van der Waals surface area contributed by atoms with Gasteiger partial charge in [0.25, 0.3) is 5.91 Å². The number of amides is 3. The lowest BCUT2D eigenvalue weighted by atomic mass is 10.1. The molecular formula is C23H21N7O4S. The van der Waals surface area contributed by atoms with E-state index in [1.807, 2.05) is 31.2 Å². The number of carbonyl (C=O) groups excluding carboxylic acids is 3. The molecule has 0 bridgehead atoms. The summed E-state index contributed by atoms with van der Waals surface area (Å²) in [5.74, 6) is 0.497. The first kappa shape index (κ1) is 22.6. The Balaban J connectivity index is 1.29. The Morgan fingerprint density at radius 1 is 1.20 bits per heavy atom. The Morgan fingerprint density at radius 3 is 2.83 bits per heavy atom. The average molecular weight is 492 g/mol. The van der Waals surface area contributed by atoms with Crippen LogP contribution in [0.1, 0.15) is 23.4 Å². The fraction of sp³-hybridized carbons (Fsp3) is 0.217. The quantitative estimate of drug-likeness (QED) is 0.463. The molecule has 12 heteroatoms. The highest BCUT2D eigenvalue weighted by molar-refractivity contribution is 8.14. The summed E-state index contributed by atoms with van der Waals surface area (Å²) in [5, 5.41) is 12.5. The summed E-state index contributed by atoms with van der Waals surface area (Å²) in [6.45, 7) is 2.06. The number of carbonyl (C=O) groups is 3. The molecule has 1 aromatic carbocycles. The van der Waals surface area contributed by atoms with Crippen LogP contribution in [0, 0.1) is 6.92 Å². The van der Waals surface area contributed by atoms with E-state index >= 15 is 0 Å². The predicted molar refractivity (Wildman–Crippen MR) is 130 cm³/mol. The predicted octanol–water partition coefficient (Wildman–Crippen LogP) is 2.35. The van der Waals surface area contributed by atoms with Gasteiger partial charge < -0.3 is 15.1 Å². The van der Waals surface area contributed by atoms with Crippen molar-refractivity contribution >= 4 is 52.0 Å². The number of fused-ring (bicyclic) bond motifs is 3. The van der Waals surface area contributed by atoms with Gasteiger partial charge in [-0.15, -0.1) is 0 Å². The Bertz CT molecular complexity index is 1350. The fourth-order valence-electron chi connectivity index (χ4n) is 3.67.